The smallest absolute Gasteiger partial charge is 0.182 e. The van der Waals surface area contributed by atoms with Gasteiger partial charge in [0, 0.05) is 23.5 Å². The van der Waals surface area contributed by atoms with Crippen LogP contribution in [0.2, 0.25) is 0 Å². The lowest BCUT2D eigenvalue weighted by atomic mass is 10.1. The van der Waals surface area contributed by atoms with Crippen molar-refractivity contribution < 1.29 is 4.79 Å². The Morgan fingerprint density at radius 3 is 2.44 bits per heavy atom. The number of aliphatic imine (C=N–C) groups is 1. The first-order valence-electron chi connectivity index (χ1n) is 8.81. The number of Topliss-reactive ketones (excluding diaryl/α,β-unsaturated/α-hetero) is 1. The first-order valence-corrected chi connectivity index (χ1v) is 9.79. The topological polar surface area (TPSA) is 32.7 Å². The number of nitrogens with zero attached hydrogens (tertiary/aromatic N) is 2. The molecule has 0 spiro atoms. The lowest BCUT2D eigenvalue weighted by molar-refractivity contribution is 0.100. The van der Waals surface area contributed by atoms with Gasteiger partial charge in [0.25, 0.3) is 0 Å². The number of benzene rings is 2. The molecule has 0 bridgehead atoms. The number of amidine groups is 1. The van der Waals surface area contributed by atoms with Crippen LogP contribution in [0.25, 0.3) is 0 Å². The van der Waals surface area contributed by atoms with Crippen LogP contribution < -0.4 is 4.90 Å². The average molecular weight is 353 g/mol. The molecular weight excluding hydrogens is 328 g/mol. The third-order valence-electron chi connectivity index (χ3n) is 4.34. The Kier molecular flexibility index (Phi) is 5.92. The van der Waals surface area contributed by atoms with E-state index in [0.29, 0.717) is 6.54 Å². The molecule has 2 aromatic rings. The number of carbonyl (C=O) groups excluding carboxylic acids is 1. The van der Waals surface area contributed by atoms with E-state index in [2.05, 4.69) is 41.1 Å². The number of anilines is 1. The van der Waals surface area contributed by atoms with Gasteiger partial charge in [-0.15, -0.1) is 0 Å². The summed E-state index contributed by atoms with van der Waals surface area (Å²) in [6.07, 6.45) is 2.11. The highest BCUT2D eigenvalue weighted by Crippen LogP contribution is 2.24. The van der Waals surface area contributed by atoms with Crippen LogP contribution in [0.4, 0.5) is 5.69 Å². The minimum Gasteiger partial charge on any atom is -0.313 e. The summed E-state index contributed by atoms with van der Waals surface area (Å²) in [7, 11) is 0. The van der Waals surface area contributed by atoms with Crippen molar-refractivity contribution >= 4 is 28.4 Å². The highest BCUT2D eigenvalue weighted by atomic mass is 32.2. The molecule has 0 fully saturated rings. The van der Waals surface area contributed by atoms with Gasteiger partial charge in [-0.1, -0.05) is 60.6 Å². The normalized spacial score (nSPS) is 14.1. The van der Waals surface area contributed by atoms with Gasteiger partial charge in [-0.25, -0.2) is 0 Å². The number of carbonyl (C=O) groups is 1. The lowest BCUT2D eigenvalue weighted by Gasteiger charge is -2.27. The van der Waals surface area contributed by atoms with Gasteiger partial charge in [0.1, 0.15) is 0 Å². The molecule has 0 unspecified atom stereocenters. The molecular formula is C21H24N2OS. The van der Waals surface area contributed by atoms with E-state index >= 15 is 0 Å². The summed E-state index contributed by atoms with van der Waals surface area (Å²) >= 11 is 1.74. The summed E-state index contributed by atoms with van der Waals surface area (Å²) in [5.41, 5.74) is 4.25. The Hall–Kier alpha value is -2.07. The van der Waals surface area contributed by atoms with E-state index in [1.54, 1.807) is 11.8 Å². The zero-order chi connectivity index (χ0) is 17.6. The van der Waals surface area contributed by atoms with Crippen molar-refractivity contribution in [3.63, 3.8) is 0 Å². The van der Waals surface area contributed by atoms with Crippen LogP contribution >= 0.6 is 11.8 Å². The molecule has 2 aromatic carbocycles. The number of rotatable bonds is 5. The maximum Gasteiger partial charge on any atom is 0.182 e. The molecule has 4 heteroatoms. The average Bonchev–Trinajstić information content (AvgIpc) is 2.67. The second kappa shape index (κ2) is 8.34. The largest absolute Gasteiger partial charge is 0.313 e. The molecule has 25 heavy (non-hydrogen) atoms. The van der Waals surface area contributed by atoms with Gasteiger partial charge < -0.3 is 4.90 Å². The minimum atomic E-state index is 0.119. The van der Waals surface area contributed by atoms with E-state index in [1.165, 1.54) is 5.56 Å². The van der Waals surface area contributed by atoms with Gasteiger partial charge in [0.15, 0.2) is 11.0 Å². The highest BCUT2D eigenvalue weighted by molar-refractivity contribution is 8.14. The van der Waals surface area contributed by atoms with Gasteiger partial charge in [0.2, 0.25) is 0 Å². The number of hydrogen-bond acceptors (Lipinski definition) is 4. The van der Waals surface area contributed by atoms with Crippen LogP contribution in [-0.4, -0.2) is 29.8 Å². The molecule has 3 rings (SSSR count). The Bertz CT molecular complexity index is 750. The summed E-state index contributed by atoms with van der Waals surface area (Å²) in [6, 6.07) is 16.2. The standard InChI is InChI=1S/C21H24N2OS/c1-3-17-7-11-19(12-8-17)23(21-22-13-4-14-25-21)15-20(24)18-9-5-16(2)6-10-18/h5-12H,3-4,13-15H2,1-2H3. The molecule has 0 N–H and O–H groups in total. The first-order chi connectivity index (χ1) is 12.2. The first kappa shape index (κ1) is 17.7. The fourth-order valence-electron chi connectivity index (χ4n) is 2.77. The van der Waals surface area contributed by atoms with Crippen LogP contribution in [0.5, 0.6) is 0 Å². The maximum absolute atomic E-state index is 12.8. The van der Waals surface area contributed by atoms with Crippen molar-refractivity contribution in [2.45, 2.75) is 26.7 Å². The Balaban J connectivity index is 1.86. The van der Waals surface area contributed by atoms with E-state index in [1.807, 2.05) is 31.2 Å². The van der Waals surface area contributed by atoms with Crippen molar-refractivity contribution in [3.05, 3.63) is 65.2 Å². The van der Waals surface area contributed by atoms with E-state index in [9.17, 15) is 4.79 Å². The van der Waals surface area contributed by atoms with Gasteiger partial charge in [0.05, 0.1) is 6.54 Å². The van der Waals surface area contributed by atoms with Crippen LogP contribution in [0, 0.1) is 6.92 Å². The predicted molar refractivity (Wildman–Crippen MR) is 108 cm³/mol. The Morgan fingerprint density at radius 1 is 1.12 bits per heavy atom. The van der Waals surface area contributed by atoms with E-state index in [4.69, 9.17) is 0 Å². The van der Waals surface area contributed by atoms with Gasteiger partial charge in [-0.05, 0) is 37.5 Å². The van der Waals surface area contributed by atoms with Gasteiger partial charge in [-0.3, -0.25) is 9.79 Å². The zero-order valence-corrected chi connectivity index (χ0v) is 15.7. The molecule has 0 atom stereocenters. The van der Waals surface area contributed by atoms with Crippen LogP contribution in [0.1, 0.15) is 34.8 Å². The van der Waals surface area contributed by atoms with Crippen LogP contribution in [0.15, 0.2) is 53.5 Å². The summed E-state index contributed by atoms with van der Waals surface area (Å²) in [5.74, 6) is 1.18. The predicted octanol–water partition coefficient (Wildman–Crippen LogP) is 4.74. The summed E-state index contributed by atoms with van der Waals surface area (Å²) in [6.45, 7) is 5.34. The second-order valence-corrected chi connectivity index (χ2v) is 7.32. The van der Waals surface area contributed by atoms with Crippen molar-refractivity contribution in [1.82, 2.24) is 0 Å². The monoisotopic (exact) mass is 352 g/mol. The molecule has 1 heterocycles. The molecule has 0 saturated carbocycles. The van der Waals surface area contributed by atoms with E-state index < -0.39 is 0 Å². The number of aryl methyl sites for hydroxylation is 2. The van der Waals surface area contributed by atoms with Crippen molar-refractivity contribution in [1.29, 1.82) is 0 Å². The third-order valence-corrected chi connectivity index (χ3v) is 5.44. The molecule has 130 valence electrons. The van der Waals surface area contributed by atoms with E-state index in [0.717, 1.165) is 47.1 Å². The Labute approximate surface area is 154 Å². The molecule has 0 radical (unpaired) electrons. The molecule has 0 saturated heterocycles. The third kappa shape index (κ3) is 4.51. The van der Waals surface area contributed by atoms with Crippen LogP contribution in [-0.2, 0) is 6.42 Å². The minimum absolute atomic E-state index is 0.119. The molecule has 3 nitrogen and oxygen atoms in total. The second-order valence-electron chi connectivity index (χ2n) is 6.26. The summed E-state index contributed by atoms with van der Waals surface area (Å²) < 4.78 is 0. The number of hydrogen-bond donors (Lipinski definition) is 0. The molecule has 1 aliphatic heterocycles. The van der Waals surface area contributed by atoms with Crippen molar-refractivity contribution in [2.24, 2.45) is 4.99 Å². The summed E-state index contributed by atoms with van der Waals surface area (Å²) in [4.78, 5) is 19.5. The zero-order valence-electron chi connectivity index (χ0n) is 14.9. The quantitative estimate of drug-likeness (QED) is 0.729. The lowest BCUT2D eigenvalue weighted by Crippen LogP contribution is -2.35. The molecule has 0 aromatic heterocycles. The molecule has 0 aliphatic carbocycles. The molecule has 1 aliphatic rings. The Morgan fingerprint density at radius 2 is 1.84 bits per heavy atom. The fraction of sp³-hybridized carbons (Fsp3) is 0.333. The van der Waals surface area contributed by atoms with Crippen molar-refractivity contribution in [3.8, 4) is 0 Å². The number of thioether (sulfide) groups is 1. The fourth-order valence-corrected chi connectivity index (χ4v) is 3.73. The van der Waals surface area contributed by atoms with Crippen LogP contribution in [0.3, 0.4) is 0 Å². The SMILES string of the molecule is CCc1ccc(N(CC(=O)c2ccc(C)cc2)C2=NCCCS2)cc1. The highest BCUT2D eigenvalue weighted by Gasteiger charge is 2.20. The molecule has 0 amide bonds. The van der Waals surface area contributed by atoms with Crippen molar-refractivity contribution in [2.75, 3.05) is 23.7 Å². The maximum atomic E-state index is 12.8. The summed E-state index contributed by atoms with van der Waals surface area (Å²) in [5, 5.41) is 0.955. The van der Waals surface area contributed by atoms with E-state index in [-0.39, 0.29) is 5.78 Å². The van der Waals surface area contributed by atoms with Gasteiger partial charge >= 0.3 is 0 Å². The van der Waals surface area contributed by atoms with Gasteiger partial charge in [-0.2, -0.15) is 0 Å². The number of ketones is 1.